The first-order chi connectivity index (χ1) is 10.5. The summed E-state index contributed by atoms with van der Waals surface area (Å²) in [6.45, 7) is 4.83. The van der Waals surface area contributed by atoms with E-state index in [1.54, 1.807) is 12.1 Å². The summed E-state index contributed by atoms with van der Waals surface area (Å²) < 4.78 is 11.9. The molecule has 2 rings (SSSR count). The number of aryl methyl sites for hydroxylation is 2. The van der Waals surface area contributed by atoms with E-state index in [2.05, 4.69) is 28.9 Å². The predicted octanol–water partition coefficient (Wildman–Crippen LogP) is 5.05. The van der Waals surface area contributed by atoms with Gasteiger partial charge in [-0.1, -0.05) is 17.7 Å². The summed E-state index contributed by atoms with van der Waals surface area (Å²) in [7, 11) is 0. The van der Waals surface area contributed by atoms with Gasteiger partial charge >= 0.3 is 0 Å². The van der Waals surface area contributed by atoms with Crippen LogP contribution in [0.2, 0.25) is 5.02 Å². The SMILES string of the molecule is Cc1ccc(OCCOc2c(Br)cc(Cl)cc2C#N)cc1C. The van der Waals surface area contributed by atoms with Crippen LogP contribution in [0.1, 0.15) is 16.7 Å². The van der Waals surface area contributed by atoms with Gasteiger partial charge in [0.05, 0.1) is 10.0 Å². The van der Waals surface area contributed by atoms with Crippen LogP contribution >= 0.6 is 27.5 Å². The van der Waals surface area contributed by atoms with Gasteiger partial charge in [0.1, 0.15) is 25.0 Å². The molecule has 3 nitrogen and oxygen atoms in total. The molecule has 0 fully saturated rings. The Balaban J connectivity index is 1.94. The second kappa shape index (κ2) is 7.53. The van der Waals surface area contributed by atoms with Crippen molar-refractivity contribution < 1.29 is 9.47 Å². The highest BCUT2D eigenvalue weighted by Crippen LogP contribution is 2.32. The van der Waals surface area contributed by atoms with Gasteiger partial charge in [-0.3, -0.25) is 0 Å². The van der Waals surface area contributed by atoms with E-state index in [9.17, 15) is 0 Å². The van der Waals surface area contributed by atoms with Crippen molar-refractivity contribution in [3.05, 3.63) is 56.5 Å². The summed E-state index contributed by atoms with van der Waals surface area (Å²) >= 11 is 9.26. The molecule has 0 atom stereocenters. The molecule has 5 heteroatoms. The van der Waals surface area contributed by atoms with E-state index >= 15 is 0 Å². The number of nitrogens with zero attached hydrogens (tertiary/aromatic N) is 1. The summed E-state index contributed by atoms with van der Waals surface area (Å²) in [5.74, 6) is 1.29. The molecule has 0 radical (unpaired) electrons. The average Bonchev–Trinajstić information content (AvgIpc) is 2.48. The van der Waals surface area contributed by atoms with Crippen molar-refractivity contribution in [3.8, 4) is 17.6 Å². The molecule has 0 bridgehead atoms. The van der Waals surface area contributed by atoms with E-state index in [0.29, 0.717) is 34.0 Å². The summed E-state index contributed by atoms with van der Waals surface area (Å²) in [6, 6.07) is 11.3. The number of nitriles is 1. The molecule has 0 aromatic heterocycles. The van der Waals surface area contributed by atoms with E-state index in [-0.39, 0.29) is 0 Å². The lowest BCUT2D eigenvalue weighted by Gasteiger charge is -2.12. The third kappa shape index (κ3) is 4.16. The molecule has 0 heterocycles. The fourth-order valence-electron chi connectivity index (χ4n) is 1.90. The normalized spacial score (nSPS) is 10.1. The molecule has 0 aliphatic heterocycles. The van der Waals surface area contributed by atoms with Crippen LogP contribution in [-0.4, -0.2) is 13.2 Å². The molecule has 0 saturated heterocycles. The third-order valence-electron chi connectivity index (χ3n) is 3.21. The molecular weight excluding hydrogens is 366 g/mol. The molecule has 0 aliphatic rings. The smallest absolute Gasteiger partial charge is 0.151 e. The average molecular weight is 381 g/mol. The highest BCUT2D eigenvalue weighted by atomic mass is 79.9. The van der Waals surface area contributed by atoms with Crippen molar-refractivity contribution in [3.63, 3.8) is 0 Å². The second-order valence-corrected chi connectivity index (χ2v) is 6.11. The van der Waals surface area contributed by atoms with Crippen LogP contribution in [0, 0.1) is 25.2 Å². The number of hydrogen-bond donors (Lipinski definition) is 0. The molecule has 0 amide bonds. The highest BCUT2D eigenvalue weighted by Gasteiger charge is 2.10. The molecule has 0 N–H and O–H groups in total. The molecule has 22 heavy (non-hydrogen) atoms. The van der Waals surface area contributed by atoms with Gasteiger partial charge < -0.3 is 9.47 Å². The van der Waals surface area contributed by atoms with E-state index in [0.717, 1.165) is 5.75 Å². The van der Waals surface area contributed by atoms with Crippen molar-refractivity contribution in [1.82, 2.24) is 0 Å². The molecule has 0 spiro atoms. The number of halogens is 2. The van der Waals surface area contributed by atoms with E-state index in [1.165, 1.54) is 11.1 Å². The largest absolute Gasteiger partial charge is 0.490 e. The lowest BCUT2D eigenvalue weighted by Crippen LogP contribution is -2.10. The van der Waals surface area contributed by atoms with Gasteiger partial charge in [0.15, 0.2) is 5.75 Å². The van der Waals surface area contributed by atoms with Crippen LogP contribution in [0.4, 0.5) is 0 Å². The zero-order valence-corrected chi connectivity index (χ0v) is 14.7. The topological polar surface area (TPSA) is 42.2 Å². The predicted molar refractivity (Wildman–Crippen MR) is 90.8 cm³/mol. The zero-order chi connectivity index (χ0) is 16.1. The lowest BCUT2D eigenvalue weighted by atomic mass is 10.1. The number of ether oxygens (including phenoxy) is 2. The summed E-state index contributed by atoms with van der Waals surface area (Å²) in [5.41, 5.74) is 2.81. The highest BCUT2D eigenvalue weighted by molar-refractivity contribution is 9.10. The van der Waals surface area contributed by atoms with Crippen molar-refractivity contribution in [2.24, 2.45) is 0 Å². The number of hydrogen-bond acceptors (Lipinski definition) is 3. The van der Waals surface area contributed by atoms with Gasteiger partial charge in [-0.25, -0.2) is 0 Å². The van der Waals surface area contributed by atoms with Crippen molar-refractivity contribution in [1.29, 1.82) is 5.26 Å². The fraction of sp³-hybridized carbons (Fsp3) is 0.235. The third-order valence-corrected chi connectivity index (χ3v) is 4.01. The van der Waals surface area contributed by atoms with Crippen molar-refractivity contribution in [2.75, 3.05) is 13.2 Å². The molecule has 2 aromatic carbocycles. The van der Waals surface area contributed by atoms with Crippen LogP contribution in [0.25, 0.3) is 0 Å². The summed E-state index contributed by atoms with van der Waals surface area (Å²) in [6.07, 6.45) is 0. The van der Waals surface area contributed by atoms with Crippen LogP contribution < -0.4 is 9.47 Å². The molecule has 114 valence electrons. The minimum atomic E-state index is 0.335. The Labute approximate surface area is 143 Å². The van der Waals surface area contributed by atoms with Gasteiger partial charge in [0.2, 0.25) is 0 Å². The maximum atomic E-state index is 9.12. The van der Waals surface area contributed by atoms with Gasteiger partial charge in [-0.15, -0.1) is 0 Å². The number of benzene rings is 2. The molecule has 2 aromatic rings. The molecule has 0 unspecified atom stereocenters. The Hall–Kier alpha value is -1.70. The Morgan fingerprint density at radius 1 is 1.09 bits per heavy atom. The van der Waals surface area contributed by atoms with Gasteiger partial charge in [0, 0.05) is 5.02 Å². The van der Waals surface area contributed by atoms with E-state index in [1.807, 2.05) is 25.1 Å². The van der Waals surface area contributed by atoms with Crippen molar-refractivity contribution in [2.45, 2.75) is 13.8 Å². The van der Waals surface area contributed by atoms with Crippen LogP contribution in [-0.2, 0) is 0 Å². The first kappa shape index (κ1) is 16.7. The second-order valence-electron chi connectivity index (χ2n) is 4.82. The minimum absolute atomic E-state index is 0.335. The quantitative estimate of drug-likeness (QED) is 0.682. The number of rotatable bonds is 5. The Bertz CT molecular complexity index is 725. The Morgan fingerprint density at radius 3 is 2.50 bits per heavy atom. The lowest BCUT2D eigenvalue weighted by molar-refractivity contribution is 0.216. The van der Waals surface area contributed by atoms with Crippen LogP contribution in [0.3, 0.4) is 0 Å². The fourth-order valence-corrected chi connectivity index (χ4v) is 2.82. The minimum Gasteiger partial charge on any atom is -0.490 e. The summed E-state index contributed by atoms with van der Waals surface area (Å²) in [4.78, 5) is 0. The first-order valence-electron chi connectivity index (χ1n) is 6.73. The Morgan fingerprint density at radius 2 is 1.82 bits per heavy atom. The van der Waals surface area contributed by atoms with Gasteiger partial charge in [0.25, 0.3) is 0 Å². The van der Waals surface area contributed by atoms with Crippen LogP contribution in [0.15, 0.2) is 34.8 Å². The molecule has 0 aliphatic carbocycles. The first-order valence-corrected chi connectivity index (χ1v) is 7.90. The van der Waals surface area contributed by atoms with Crippen LogP contribution in [0.5, 0.6) is 11.5 Å². The Kier molecular flexibility index (Phi) is 5.70. The zero-order valence-electron chi connectivity index (χ0n) is 12.3. The van der Waals surface area contributed by atoms with Gasteiger partial charge in [-0.05, 0) is 65.2 Å². The molecule has 0 saturated carbocycles. The van der Waals surface area contributed by atoms with E-state index < -0.39 is 0 Å². The standard InChI is InChI=1S/C17H15BrClNO2/c1-11-3-4-15(7-12(11)2)21-5-6-22-17-13(10-20)8-14(19)9-16(17)18/h3-4,7-9H,5-6H2,1-2H3. The maximum absolute atomic E-state index is 9.12. The molecular formula is C17H15BrClNO2. The van der Waals surface area contributed by atoms with Gasteiger partial charge in [-0.2, -0.15) is 5.26 Å². The monoisotopic (exact) mass is 379 g/mol. The van der Waals surface area contributed by atoms with E-state index in [4.69, 9.17) is 26.3 Å². The summed E-state index contributed by atoms with van der Waals surface area (Å²) in [5, 5.41) is 9.61. The maximum Gasteiger partial charge on any atom is 0.151 e. The van der Waals surface area contributed by atoms with Crippen molar-refractivity contribution >= 4 is 27.5 Å².